The molecule has 0 radical (unpaired) electrons. The van der Waals surface area contributed by atoms with Crippen molar-refractivity contribution < 1.29 is 38.1 Å². The standard InChI is InChI=1S/C26H20Cl6O8/c1-9-3-11(9)7-37-23(33)17-19(31)13(27)5-15(29)21(17)39-25(35)26(36)40-22-16(30)6-14(28)20(32)18(22)24(34)38-8-12-4-10(12)2/h5-6,9-12H,3-4,7-8H2,1-2H3/t9-,10?,11?,12?/m0/s1. The van der Waals surface area contributed by atoms with Crippen molar-refractivity contribution in [1.82, 2.24) is 0 Å². The van der Waals surface area contributed by atoms with Crippen LogP contribution in [0.5, 0.6) is 11.5 Å². The topological polar surface area (TPSA) is 105 Å². The summed E-state index contributed by atoms with van der Waals surface area (Å²) in [5, 5.41) is -1.47. The van der Waals surface area contributed by atoms with Gasteiger partial charge in [0, 0.05) is 0 Å². The average molecular weight is 673 g/mol. The molecule has 0 aliphatic heterocycles. The van der Waals surface area contributed by atoms with Gasteiger partial charge < -0.3 is 18.9 Å². The van der Waals surface area contributed by atoms with Crippen LogP contribution in [0.15, 0.2) is 12.1 Å². The van der Waals surface area contributed by atoms with Gasteiger partial charge in [-0.3, -0.25) is 0 Å². The van der Waals surface area contributed by atoms with Crippen LogP contribution in [-0.4, -0.2) is 37.1 Å². The molecule has 0 bridgehead atoms. The highest BCUT2D eigenvalue weighted by atomic mass is 35.5. The highest BCUT2D eigenvalue weighted by molar-refractivity contribution is 6.47. The predicted molar refractivity (Wildman–Crippen MR) is 149 cm³/mol. The Bertz CT molecular complexity index is 1310. The van der Waals surface area contributed by atoms with Crippen molar-refractivity contribution in [2.24, 2.45) is 23.7 Å². The van der Waals surface area contributed by atoms with E-state index < -0.39 is 46.5 Å². The Kier molecular flexibility index (Phi) is 9.70. The van der Waals surface area contributed by atoms with Gasteiger partial charge in [0.1, 0.15) is 11.1 Å². The maximum absolute atomic E-state index is 12.8. The molecule has 0 aromatic heterocycles. The van der Waals surface area contributed by atoms with Crippen molar-refractivity contribution >= 4 is 93.5 Å². The quantitative estimate of drug-likeness (QED) is 0.121. The maximum Gasteiger partial charge on any atom is 0.423 e. The van der Waals surface area contributed by atoms with Gasteiger partial charge in [0.05, 0.1) is 43.3 Å². The fourth-order valence-corrected chi connectivity index (χ4v) is 5.20. The lowest BCUT2D eigenvalue weighted by molar-refractivity contribution is -0.156. The van der Waals surface area contributed by atoms with Crippen molar-refractivity contribution in [1.29, 1.82) is 0 Å². The van der Waals surface area contributed by atoms with Crippen LogP contribution < -0.4 is 9.47 Å². The van der Waals surface area contributed by atoms with Crippen molar-refractivity contribution in [3.63, 3.8) is 0 Å². The van der Waals surface area contributed by atoms with E-state index in [4.69, 9.17) is 88.6 Å². The molecule has 8 nitrogen and oxygen atoms in total. The van der Waals surface area contributed by atoms with Gasteiger partial charge in [-0.1, -0.05) is 83.5 Å². The fourth-order valence-electron chi connectivity index (χ4n) is 3.76. The third kappa shape index (κ3) is 6.92. The Labute approximate surface area is 259 Å². The van der Waals surface area contributed by atoms with Crippen LogP contribution in [0.25, 0.3) is 0 Å². The summed E-state index contributed by atoms with van der Waals surface area (Å²) in [7, 11) is 0. The summed E-state index contributed by atoms with van der Waals surface area (Å²) in [5.41, 5.74) is -0.917. The van der Waals surface area contributed by atoms with E-state index in [1.165, 1.54) is 0 Å². The van der Waals surface area contributed by atoms with Gasteiger partial charge in [-0.15, -0.1) is 0 Å². The van der Waals surface area contributed by atoms with Crippen LogP contribution in [0.2, 0.25) is 30.1 Å². The molecular weight excluding hydrogens is 653 g/mol. The lowest BCUT2D eigenvalue weighted by atomic mass is 10.2. The number of carbonyl (C=O) groups excluding carboxylic acids is 4. The van der Waals surface area contributed by atoms with E-state index in [0.717, 1.165) is 25.0 Å². The molecule has 14 heteroatoms. The number of hydrogen-bond acceptors (Lipinski definition) is 8. The van der Waals surface area contributed by atoms with E-state index in [-0.39, 0.29) is 55.2 Å². The van der Waals surface area contributed by atoms with Crippen LogP contribution in [0, 0.1) is 23.7 Å². The summed E-state index contributed by atoms with van der Waals surface area (Å²) in [6, 6.07) is 2.23. The summed E-state index contributed by atoms with van der Waals surface area (Å²) < 4.78 is 20.8. The van der Waals surface area contributed by atoms with Crippen LogP contribution in [0.1, 0.15) is 47.4 Å². The molecule has 4 rings (SSSR count). The zero-order valence-corrected chi connectivity index (χ0v) is 25.4. The molecule has 2 saturated carbocycles. The Morgan fingerprint density at radius 1 is 0.650 bits per heavy atom. The lowest BCUT2D eigenvalue weighted by Gasteiger charge is -2.15. The largest absolute Gasteiger partial charge is 0.462 e. The molecule has 2 aliphatic rings. The molecule has 3 unspecified atom stereocenters. The van der Waals surface area contributed by atoms with Crippen molar-refractivity contribution in [3.8, 4) is 11.5 Å². The molecule has 2 aliphatic carbocycles. The molecule has 40 heavy (non-hydrogen) atoms. The molecule has 214 valence electrons. The molecule has 0 amide bonds. The first-order chi connectivity index (χ1) is 18.8. The monoisotopic (exact) mass is 670 g/mol. The van der Waals surface area contributed by atoms with Crippen LogP contribution in [0.3, 0.4) is 0 Å². The number of rotatable bonds is 8. The molecule has 0 heterocycles. The minimum atomic E-state index is -1.64. The lowest BCUT2D eigenvalue weighted by Crippen LogP contribution is -2.27. The van der Waals surface area contributed by atoms with Crippen LogP contribution in [0.4, 0.5) is 0 Å². The number of carbonyl (C=O) groups is 4. The fraction of sp³-hybridized carbons (Fsp3) is 0.385. The SMILES string of the molecule is CC1CC1COC(=O)c1c(Cl)c(Cl)cc(Cl)c1OC(=O)C(=O)Oc1c(Cl)cc(Cl)c(Cl)c1C(=O)OCC1C[C@@H]1C. The van der Waals surface area contributed by atoms with Crippen LogP contribution in [-0.2, 0) is 19.1 Å². The van der Waals surface area contributed by atoms with Gasteiger partial charge in [-0.05, 0) is 48.6 Å². The molecule has 2 aromatic rings. The second-order valence-electron chi connectivity index (χ2n) is 9.64. The van der Waals surface area contributed by atoms with E-state index in [0.29, 0.717) is 11.8 Å². The van der Waals surface area contributed by atoms with Crippen LogP contribution >= 0.6 is 69.6 Å². The first-order valence-corrected chi connectivity index (χ1v) is 14.2. The van der Waals surface area contributed by atoms with Gasteiger partial charge in [-0.2, -0.15) is 0 Å². The van der Waals surface area contributed by atoms with E-state index >= 15 is 0 Å². The number of ether oxygens (including phenoxy) is 4. The number of hydrogen-bond donors (Lipinski definition) is 0. The molecule has 2 fully saturated rings. The second-order valence-corrected chi connectivity index (χ2v) is 12.0. The third-order valence-corrected chi connectivity index (χ3v) is 8.76. The highest BCUT2D eigenvalue weighted by Crippen LogP contribution is 2.43. The summed E-state index contributed by atoms with van der Waals surface area (Å²) in [6.45, 7) is 4.20. The minimum Gasteiger partial charge on any atom is -0.462 e. The minimum absolute atomic E-state index is 0.101. The zero-order chi connectivity index (χ0) is 29.5. The third-order valence-electron chi connectivity index (χ3n) is 6.63. The first-order valence-electron chi connectivity index (χ1n) is 11.9. The first kappa shape index (κ1) is 31.0. The van der Waals surface area contributed by atoms with E-state index in [1.54, 1.807) is 0 Å². The molecule has 0 spiro atoms. The Morgan fingerprint density at radius 2 is 0.975 bits per heavy atom. The predicted octanol–water partition coefficient (Wildman–Crippen LogP) is 7.74. The summed E-state index contributed by atoms with van der Waals surface area (Å²) >= 11 is 36.8. The second kappa shape index (κ2) is 12.5. The Balaban J connectivity index is 1.56. The Morgan fingerprint density at radius 3 is 1.27 bits per heavy atom. The normalized spacial score (nSPS) is 20.9. The van der Waals surface area contributed by atoms with E-state index in [2.05, 4.69) is 0 Å². The molecular formula is C26H20Cl6O8. The maximum atomic E-state index is 12.8. The Hall–Kier alpha value is -1.94. The smallest absolute Gasteiger partial charge is 0.423 e. The highest BCUT2D eigenvalue weighted by Gasteiger charge is 2.37. The van der Waals surface area contributed by atoms with Gasteiger partial charge in [-0.25, -0.2) is 19.2 Å². The molecule has 0 saturated heterocycles. The molecule has 4 atom stereocenters. The number of esters is 4. The van der Waals surface area contributed by atoms with Crippen molar-refractivity contribution in [3.05, 3.63) is 53.4 Å². The van der Waals surface area contributed by atoms with Gasteiger partial charge >= 0.3 is 23.9 Å². The van der Waals surface area contributed by atoms with E-state index in [9.17, 15) is 19.2 Å². The van der Waals surface area contributed by atoms with Crippen molar-refractivity contribution in [2.75, 3.05) is 13.2 Å². The number of halogens is 6. The zero-order valence-electron chi connectivity index (χ0n) is 20.8. The molecule has 0 N–H and O–H groups in total. The van der Waals surface area contributed by atoms with Gasteiger partial charge in [0.2, 0.25) is 0 Å². The number of benzene rings is 2. The van der Waals surface area contributed by atoms with Gasteiger partial charge in [0.15, 0.2) is 11.5 Å². The summed E-state index contributed by atoms with van der Waals surface area (Å²) in [6.07, 6.45) is 1.77. The summed E-state index contributed by atoms with van der Waals surface area (Å²) in [5.74, 6) is -5.21. The molecule has 2 aromatic carbocycles. The van der Waals surface area contributed by atoms with E-state index in [1.807, 2.05) is 13.8 Å². The van der Waals surface area contributed by atoms with Crippen molar-refractivity contribution in [2.45, 2.75) is 26.7 Å². The van der Waals surface area contributed by atoms with Gasteiger partial charge in [0.25, 0.3) is 0 Å². The average Bonchev–Trinajstić information content (AvgIpc) is 3.80. The summed E-state index contributed by atoms with van der Waals surface area (Å²) in [4.78, 5) is 51.1.